The number of carbonyl (C=O) groups excluding carboxylic acids is 1. The van der Waals surface area contributed by atoms with Crippen molar-refractivity contribution < 1.29 is 14.0 Å². The Kier molecular flexibility index (Phi) is 5.74. The SMILES string of the molecule is C=C(c1ccc(F)cc1)c1cnc(N2CCN(OC(=O)C(C)(C)C)CC2)nc1. The minimum absolute atomic E-state index is 0.235. The van der Waals surface area contributed by atoms with Crippen LogP contribution in [-0.2, 0) is 9.63 Å². The standard InChI is InChI=1S/C21H25FN4O2/c1-15(16-5-7-18(22)8-6-16)17-13-23-20(24-14-17)25-9-11-26(12-10-25)28-19(27)21(2,3)4/h5-8,13-14H,1,9-12H2,2-4H3. The van der Waals surface area contributed by atoms with Crippen LogP contribution in [0.25, 0.3) is 5.57 Å². The molecule has 0 bridgehead atoms. The van der Waals surface area contributed by atoms with E-state index in [-0.39, 0.29) is 11.8 Å². The third-order valence-electron chi connectivity index (χ3n) is 4.53. The average Bonchev–Trinajstić information content (AvgIpc) is 2.68. The van der Waals surface area contributed by atoms with Gasteiger partial charge >= 0.3 is 5.97 Å². The fourth-order valence-corrected chi connectivity index (χ4v) is 2.69. The van der Waals surface area contributed by atoms with Crippen molar-refractivity contribution in [1.29, 1.82) is 0 Å². The molecule has 28 heavy (non-hydrogen) atoms. The second-order valence-electron chi connectivity index (χ2n) is 7.80. The van der Waals surface area contributed by atoms with Gasteiger partial charge in [0.1, 0.15) is 5.82 Å². The van der Waals surface area contributed by atoms with Crippen molar-refractivity contribution in [2.75, 3.05) is 31.1 Å². The molecule has 2 heterocycles. The number of hydroxylamine groups is 2. The smallest absolute Gasteiger partial charge is 0.330 e. The zero-order valence-corrected chi connectivity index (χ0v) is 16.5. The molecular formula is C21H25FN4O2. The number of hydrogen-bond acceptors (Lipinski definition) is 6. The topological polar surface area (TPSA) is 58.6 Å². The molecule has 1 aliphatic heterocycles. The van der Waals surface area contributed by atoms with Gasteiger partial charge < -0.3 is 9.74 Å². The van der Waals surface area contributed by atoms with E-state index in [1.807, 2.05) is 25.7 Å². The Bertz CT molecular complexity index is 836. The van der Waals surface area contributed by atoms with Crippen molar-refractivity contribution in [3.8, 4) is 0 Å². The molecule has 0 aliphatic carbocycles. The number of rotatable bonds is 4. The minimum Gasteiger partial charge on any atom is -0.367 e. The largest absolute Gasteiger partial charge is 0.367 e. The van der Waals surface area contributed by atoms with Gasteiger partial charge in [0, 0.05) is 31.0 Å². The van der Waals surface area contributed by atoms with Gasteiger partial charge in [0.25, 0.3) is 0 Å². The van der Waals surface area contributed by atoms with E-state index in [1.54, 1.807) is 29.6 Å². The summed E-state index contributed by atoms with van der Waals surface area (Å²) in [6.45, 7) is 12.1. The van der Waals surface area contributed by atoms with Crippen molar-refractivity contribution in [3.63, 3.8) is 0 Å². The molecule has 1 aromatic heterocycles. The lowest BCUT2D eigenvalue weighted by Crippen LogP contribution is -2.48. The van der Waals surface area contributed by atoms with Crippen LogP contribution in [0.5, 0.6) is 0 Å². The molecule has 0 atom stereocenters. The minimum atomic E-state index is -0.525. The fraction of sp³-hybridized carbons (Fsp3) is 0.381. The zero-order chi connectivity index (χ0) is 20.3. The Morgan fingerprint density at radius 1 is 1.04 bits per heavy atom. The van der Waals surface area contributed by atoms with Crippen molar-refractivity contribution in [1.82, 2.24) is 15.0 Å². The number of piperazine rings is 1. The lowest BCUT2D eigenvalue weighted by atomic mass is 9.98. The van der Waals surface area contributed by atoms with Gasteiger partial charge in [-0.05, 0) is 44.0 Å². The molecule has 0 spiro atoms. The number of aromatic nitrogens is 2. The summed E-state index contributed by atoms with van der Waals surface area (Å²) < 4.78 is 13.1. The van der Waals surface area contributed by atoms with Crippen molar-refractivity contribution in [2.45, 2.75) is 20.8 Å². The van der Waals surface area contributed by atoms with Crippen LogP contribution in [-0.4, -0.2) is 47.2 Å². The molecule has 6 nitrogen and oxygen atoms in total. The van der Waals surface area contributed by atoms with Crippen molar-refractivity contribution >= 4 is 17.5 Å². The molecule has 2 aromatic rings. The third kappa shape index (κ3) is 4.72. The van der Waals surface area contributed by atoms with Crippen LogP contribution in [0.2, 0.25) is 0 Å². The highest BCUT2D eigenvalue weighted by Crippen LogP contribution is 2.22. The van der Waals surface area contributed by atoms with E-state index < -0.39 is 5.41 Å². The summed E-state index contributed by atoms with van der Waals surface area (Å²) in [5, 5.41) is 1.69. The summed E-state index contributed by atoms with van der Waals surface area (Å²) in [7, 11) is 0. The average molecular weight is 384 g/mol. The Hall–Kier alpha value is -2.80. The first kappa shape index (κ1) is 19.9. The lowest BCUT2D eigenvalue weighted by molar-refractivity contribution is -0.201. The van der Waals surface area contributed by atoms with Gasteiger partial charge in [-0.15, -0.1) is 5.06 Å². The summed E-state index contributed by atoms with van der Waals surface area (Å²) in [5.74, 6) is 0.105. The molecule has 148 valence electrons. The van der Waals surface area contributed by atoms with Crippen LogP contribution in [0.4, 0.5) is 10.3 Å². The molecule has 1 fully saturated rings. The van der Waals surface area contributed by atoms with Gasteiger partial charge in [-0.3, -0.25) is 0 Å². The summed E-state index contributed by atoms with van der Waals surface area (Å²) in [6.07, 6.45) is 3.44. The van der Waals surface area contributed by atoms with E-state index in [4.69, 9.17) is 4.84 Å². The monoisotopic (exact) mass is 384 g/mol. The molecule has 0 N–H and O–H groups in total. The highest BCUT2D eigenvalue weighted by atomic mass is 19.1. The second kappa shape index (κ2) is 8.06. The van der Waals surface area contributed by atoms with E-state index in [0.717, 1.165) is 16.7 Å². The maximum Gasteiger partial charge on any atom is 0.330 e. The van der Waals surface area contributed by atoms with E-state index in [1.165, 1.54) is 12.1 Å². The van der Waals surface area contributed by atoms with Gasteiger partial charge in [0.05, 0.1) is 18.5 Å². The van der Waals surface area contributed by atoms with E-state index >= 15 is 0 Å². The Morgan fingerprint density at radius 2 is 1.61 bits per heavy atom. The normalized spacial score (nSPS) is 15.4. The summed E-state index contributed by atoms with van der Waals surface area (Å²) in [5.41, 5.74) is 1.83. The number of nitrogens with zero attached hydrogens (tertiary/aromatic N) is 4. The number of hydrogen-bond donors (Lipinski definition) is 0. The van der Waals surface area contributed by atoms with Crippen LogP contribution >= 0.6 is 0 Å². The molecule has 1 aliphatic rings. The van der Waals surface area contributed by atoms with Gasteiger partial charge in [0.2, 0.25) is 5.95 Å². The van der Waals surface area contributed by atoms with Crippen LogP contribution in [0, 0.1) is 11.2 Å². The number of benzene rings is 1. The molecule has 0 radical (unpaired) electrons. The molecule has 0 unspecified atom stereocenters. The number of halogens is 1. The molecule has 0 amide bonds. The highest BCUT2D eigenvalue weighted by molar-refractivity contribution is 5.77. The maximum atomic E-state index is 13.1. The van der Waals surface area contributed by atoms with Crippen LogP contribution in [0.3, 0.4) is 0 Å². The first-order chi connectivity index (χ1) is 13.2. The van der Waals surface area contributed by atoms with Gasteiger partial charge in [-0.2, -0.15) is 0 Å². The van der Waals surface area contributed by atoms with Gasteiger partial charge in [-0.1, -0.05) is 18.7 Å². The quantitative estimate of drug-likeness (QED) is 0.806. The molecular weight excluding hydrogens is 359 g/mol. The van der Waals surface area contributed by atoms with E-state index in [9.17, 15) is 9.18 Å². The molecule has 3 rings (SSSR count). The van der Waals surface area contributed by atoms with Crippen LogP contribution in [0.15, 0.2) is 43.2 Å². The van der Waals surface area contributed by atoms with Gasteiger partial charge in [-0.25, -0.2) is 19.2 Å². The summed E-state index contributed by atoms with van der Waals surface area (Å²) in [6, 6.07) is 6.18. The Labute approximate surface area is 164 Å². The predicted octanol–water partition coefficient (Wildman–Crippen LogP) is 3.30. The Balaban J connectivity index is 1.58. The third-order valence-corrected chi connectivity index (χ3v) is 4.53. The summed E-state index contributed by atoms with van der Waals surface area (Å²) >= 11 is 0. The fourth-order valence-electron chi connectivity index (χ4n) is 2.69. The zero-order valence-electron chi connectivity index (χ0n) is 16.5. The predicted molar refractivity (Wildman–Crippen MR) is 106 cm³/mol. The van der Waals surface area contributed by atoms with Crippen LogP contribution < -0.4 is 4.90 Å². The van der Waals surface area contributed by atoms with Crippen LogP contribution in [0.1, 0.15) is 31.9 Å². The van der Waals surface area contributed by atoms with Gasteiger partial charge in [0.15, 0.2) is 0 Å². The molecule has 0 saturated carbocycles. The number of carbonyl (C=O) groups is 1. The van der Waals surface area contributed by atoms with E-state index in [0.29, 0.717) is 32.1 Å². The van der Waals surface area contributed by atoms with E-state index in [2.05, 4.69) is 16.5 Å². The second-order valence-corrected chi connectivity index (χ2v) is 7.80. The molecule has 7 heteroatoms. The molecule has 1 saturated heterocycles. The van der Waals surface area contributed by atoms with Crippen molar-refractivity contribution in [2.24, 2.45) is 5.41 Å². The summed E-state index contributed by atoms with van der Waals surface area (Å²) in [4.78, 5) is 28.4. The first-order valence-electron chi connectivity index (χ1n) is 9.23. The Morgan fingerprint density at radius 3 is 2.14 bits per heavy atom. The number of anilines is 1. The molecule has 1 aromatic carbocycles. The lowest BCUT2D eigenvalue weighted by Gasteiger charge is -2.34. The maximum absolute atomic E-state index is 13.1. The highest BCUT2D eigenvalue weighted by Gasteiger charge is 2.28. The van der Waals surface area contributed by atoms with Crippen molar-refractivity contribution in [3.05, 3.63) is 60.2 Å². The first-order valence-corrected chi connectivity index (χ1v) is 9.23.